The zero-order valence-corrected chi connectivity index (χ0v) is 17.3. The lowest BCUT2D eigenvalue weighted by molar-refractivity contribution is 0.146. The van der Waals surface area contributed by atoms with E-state index in [4.69, 9.17) is 14.2 Å². The van der Waals surface area contributed by atoms with Gasteiger partial charge in [-0.25, -0.2) is 4.99 Å². The van der Waals surface area contributed by atoms with Gasteiger partial charge in [-0.3, -0.25) is 0 Å². The highest BCUT2D eigenvalue weighted by molar-refractivity contribution is 14.0. The van der Waals surface area contributed by atoms with Gasteiger partial charge in [0, 0.05) is 26.8 Å². The Morgan fingerprint density at radius 3 is 2.42 bits per heavy atom. The molecule has 0 amide bonds. The van der Waals surface area contributed by atoms with Gasteiger partial charge in [-0.1, -0.05) is 12.1 Å². The third kappa shape index (κ3) is 9.94. The molecule has 7 heteroatoms. The fraction of sp³-hybridized carbons (Fsp3) is 0.588. The number of benzene rings is 1. The molecule has 0 saturated heterocycles. The lowest BCUT2D eigenvalue weighted by atomic mass is 10.2. The fourth-order valence-electron chi connectivity index (χ4n) is 1.95. The van der Waals surface area contributed by atoms with Crippen LogP contribution >= 0.6 is 24.0 Å². The molecule has 0 fully saturated rings. The first-order valence-corrected chi connectivity index (χ1v) is 7.94. The molecule has 0 radical (unpaired) electrons. The number of aliphatic imine (C=N–C) groups is 1. The Labute approximate surface area is 162 Å². The van der Waals surface area contributed by atoms with Gasteiger partial charge in [0.05, 0.1) is 19.8 Å². The molecule has 0 aliphatic rings. The summed E-state index contributed by atoms with van der Waals surface area (Å²) in [4.78, 5) is 4.59. The molecular formula is C17H30IN3O3. The average molecular weight is 451 g/mol. The highest BCUT2D eigenvalue weighted by Gasteiger charge is 2.04. The third-order valence-electron chi connectivity index (χ3n) is 3.04. The molecule has 0 saturated carbocycles. The lowest BCUT2D eigenvalue weighted by Crippen LogP contribution is -2.43. The molecule has 0 spiro atoms. The third-order valence-corrected chi connectivity index (χ3v) is 3.04. The summed E-state index contributed by atoms with van der Waals surface area (Å²) in [7, 11) is 3.35. The SMILES string of the molecule is CCNC(=NCc1ccc(OCCOC)cc1)NC(C)COC.I. The van der Waals surface area contributed by atoms with Crippen LogP contribution in [0.3, 0.4) is 0 Å². The van der Waals surface area contributed by atoms with E-state index in [0.29, 0.717) is 26.4 Å². The second kappa shape index (κ2) is 14.3. The van der Waals surface area contributed by atoms with Crippen molar-refractivity contribution in [2.24, 2.45) is 4.99 Å². The van der Waals surface area contributed by atoms with Crippen LogP contribution in [0.15, 0.2) is 29.3 Å². The van der Waals surface area contributed by atoms with Crippen molar-refractivity contribution in [2.75, 3.05) is 40.6 Å². The summed E-state index contributed by atoms with van der Waals surface area (Å²) >= 11 is 0. The summed E-state index contributed by atoms with van der Waals surface area (Å²) in [5, 5.41) is 6.54. The van der Waals surface area contributed by atoms with E-state index in [2.05, 4.69) is 22.5 Å². The van der Waals surface area contributed by atoms with Crippen molar-refractivity contribution < 1.29 is 14.2 Å². The van der Waals surface area contributed by atoms with Crippen LogP contribution < -0.4 is 15.4 Å². The van der Waals surface area contributed by atoms with Gasteiger partial charge in [-0.05, 0) is 31.5 Å². The van der Waals surface area contributed by atoms with Gasteiger partial charge in [-0.2, -0.15) is 0 Å². The second-order valence-electron chi connectivity index (χ2n) is 5.18. The van der Waals surface area contributed by atoms with Gasteiger partial charge in [0.15, 0.2) is 5.96 Å². The Bertz CT molecular complexity index is 455. The molecule has 1 aromatic carbocycles. The zero-order chi connectivity index (χ0) is 16.9. The summed E-state index contributed by atoms with van der Waals surface area (Å²) in [6.45, 7) is 7.30. The van der Waals surface area contributed by atoms with Crippen molar-refractivity contribution in [1.29, 1.82) is 0 Å². The Morgan fingerprint density at radius 2 is 1.83 bits per heavy atom. The number of nitrogens with one attached hydrogen (secondary N) is 2. The minimum atomic E-state index is 0. The van der Waals surface area contributed by atoms with Crippen LogP contribution in [0.25, 0.3) is 0 Å². The summed E-state index contributed by atoms with van der Waals surface area (Å²) in [5.74, 6) is 1.63. The van der Waals surface area contributed by atoms with Crippen molar-refractivity contribution >= 4 is 29.9 Å². The molecule has 0 heterocycles. The molecule has 0 aliphatic heterocycles. The molecule has 0 bridgehead atoms. The lowest BCUT2D eigenvalue weighted by Gasteiger charge is -2.17. The molecule has 24 heavy (non-hydrogen) atoms. The number of ether oxygens (including phenoxy) is 3. The van der Waals surface area contributed by atoms with Gasteiger partial charge >= 0.3 is 0 Å². The van der Waals surface area contributed by atoms with Gasteiger partial charge in [0.2, 0.25) is 0 Å². The van der Waals surface area contributed by atoms with E-state index in [-0.39, 0.29) is 30.0 Å². The van der Waals surface area contributed by atoms with Gasteiger partial charge in [0.25, 0.3) is 0 Å². The van der Waals surface area contributed by atoms with E-state index in [1.165, 1.54) is 0 Å². The quantitative estimate of drug-likeness (QED) is 0.248. The number of hydrogen-bond acceptors (Lipinski definition) is 4. The van der Waals surface area contributed by atoms with Crippen molar-refractivity contribution in [3.05, 3.63) is 29.8 Å². The Morgan fingerprint density at radius 1 is 1.12 bits per heavy atom. The molecule has 1 atom stereocenters. The maximum absolute atomic E-state index is 5.55. The monoisotopic (exact) mass is 451 g/mol. The average Bonchev–Trinajstić information content (AvgIpc) is 2.54. The van der Waals surface area contributed by atoms with E-state index < -0.39 is 0 Å². The minimum Gasteiger partial charge on any atom is -0.491 e. The van der Waals surface area contributed by atoms with Crippen LogP contribution in [0, 0.1) is 0 Å². The van der Waals surface area contributed by atoms with Crippen molar-refractivity contribution in [3.63, 3.8) is 0 Å². The summed E-state index contributed by atoms with van der Waals surface area (Å²) in [6, 6.07) is 8.15. The summed E-state index contributed by atoms with van der Waals surface area (Å²) in [6.07, 6.45) is 0. The number of hydrogen-bond donors (Lipinski definition) is 2. The van der Waals surface area contributed by atoms with Gasteiger partial charge in [-0.15, -0.1) is 24.0 Å². The maximum Gasteiger partial charge on any atom is 0.191 e. The second-order valence-corrected chi connectivity index (χ2v) is 5.18. The largest absolute Gasteiger partial charge is 0.491 e. The van der Waals surface area contributed by atoms with Crippen molar-refractivity contribution in [2.45, 2.75) is 26.4 Å². The zero-order valence-electron chi connectivity index (χ0n) is 15.0. The molecule has 1 rings (SSSR count). The van der Waals surface area contributed by atoms with E-state index in [0.717, 1.165) is 23.8 Å². The first-order valence-electron chi connectivity index (χ1n) is 7.94. The summed E-state index contributed by atoms with van der Waals surface area (Å²) in [5.41, 5.74) is 1.13. The van der Waals surface area contributed by atoms with Crippen LogP contribution in [-0.2, 0) is 16.0 Å². The van der Waals surface area contributed by atoms with Crippen molar-refractivity contribution in [1.82, 2.24) is 10.6 Å². The predicted molar refractivity (Wildman–Crippen MR) is 109 cm³/mol. The fourth-order valence-corrected chi connectivity index (χ4v) is 1.95. The van der Waals surface area contributed by atoms with Crippen LogP contribution in [0.5, 0.6) is 5.75 Å². The highest BCUT2D eigenvalue weighted by Crippen LogP contribution is 2.12. The molecular weight excluding hydrogens is 421 g/mol. The number of rotatable bonds is 10. The molecule has 0 aromatic heterocycles. The van der Waals surface area contributed by atoms with Gasteiger partial charge in [0.1, 0.15) is 12.4 Å². The normalized spacial score (nSPS) is 12.2. The minimum absolute atomic E-state index is 0. The van der Waals surface area contributed by atoms with E-state index in [9.17, 15) is 0 Å². The smallest absolute Gasteiger partial charge is 0.191 e. The topological polar surface area (TPSA) is 64.1 Å². The van der Waals surface area contributed by atoms with E-state index in [1.807, 2.05) is 31.2 Å². The maximum atomic E-state index is 5.55. The predicted octanol–water partition coefficient (Wildman–Crippen LogP) is 2.42. The van der Waals surface area contributed by atoms with Crippen LogP contribution in [0.4, 0.5) is 0 Å². The molecule has 138 valence electrons. The van der Waals surface area contributed by atoms with Gasteiger partial charge < -0.3 is 24.8 Å². The molecule has 1 aromatic rings. The number of nitrogens with zero attached hydrogens (tertiary/aromatic N) is 1. The van der Waals surface area contributed by atoms with Crippen LogP contribution in [0.1, 0.15) is 19.4 Å². The Balaban J connectivity index is 0.00000529. The van der Waals surface area contributed by atoms with Crippen LogP contribution in [-0.4, -0.2) is 52.6 Å². The highest BCUT2D eigenvalue weighted by atomic mass is 127. The summed E-state index contributed by atoms with van der Waals surface area (Å²) < 4.78 is 15.6. The standard InChI is InChI=1S/C17H29N3O3.HI/c1-5-18-17(20-14(2)13-22-4)19-12-15-6-8-16(9-7-15)23-11-10-21-3;/h6-9,14H,5,10-13H2,1-4H3,(H2,18,19,20);1H. The first-order chi connectivity index (χ1) is 11.2. The number of guanidine groups is 1. The Kier molecular flexibility index (Phi) is 13.7. The molecule has 0 aliphatic carbocycles. The van der Waals surface area contributed by atoms with E-state index in [1.54, 1.807) is 14.2 Å². The van der Waals surface area contributed by atoms with Crippen molar-refractivity contribution in [3.8, 4) is 5.75 Å². The van der Waals surface area contributed by atoms with Crippen LogP contribution in [0.2, 0.25) is 0 Å². The molecule has 6 nitrogen and oxygen atoms in total. The number of halogens is 1. The van der Waals surface area contributed by atoms with E-state index >= 15 is 0 Å². The Hall–Kier alpha value is -1.06. The first kappa shape index (κ1) is 22.9. The molecule has 2 N–H and O–H groups in total. The number of methoxy groups -OCH3 is 2. The molecule has 1 unspecified atom stereocenters.